The molecule has 2 rings (SSSR count). The van der Waals surface area contributed by atoms with Crippen molar-refractivity contribution in [1.82, 2.24) is 14.9 Å². The number of halogens is 1. The summed E-state index contributed by atoms with van der Waals surface area (Å²) in [7, 11) is -4.07. The minimum absolute atomic E-state index is 0.0440. The van der Waals surface area contributed by atoms with Crippen LogP contribution in [-0.4, -0.2) is 63.9 Å². The molecule has 0 bridgehead atoms. The number of ether oxygens (including phenoxy) is 1. The van der Waals surface area contributed by atoms with Crippen molar-refractivity contribution in [3.8, 4) is 0 Å². The van der Waals surface area contributed by atoms with Crippen LogP contribution in [0.4, 0.5) is 4.39 Å². The van der Waals surface area contributed by atoms with E-state index in [0.717, 1.165) is 16.4 Å². The van der Waals surface area contributed by atoms with E-state index in [4.69, 9.17) is 4.74 Å². The van der Waals surface area contributed by atoms with Gasteiger partial charge in [0.2, 0.25) is 15.9 Å². The van der Waals surface area contributed by atoms with Crippen LogP contribution in [-0.2, 0) is 19.6 Å². The van der Waals surface area contributed by atoms with E-state index in [1.165, 1.54) is 6.07 Å². The minimum atomic E-state index is -4.07. The second-order valence-electron chi connectivity index (χ2n) is 5.30. The number of carbonyl (C=O) groups excluding carboxylic acids is 2. The number of carbonyl (C=O) groups is 2. The molecule has 1 fully saturated rings. The van der Waals surface area contributed by atoms with E-state index < -0.39 is 26.6 Å². The normalized spacial score (nSPS) is 15.6. The first-order valence-electron chi connectivity index (χ1n) is 7.78. The highest BCUT2D eigenvalue weighted by Crippen LogP contribution is 2.21. The van der Waals surface area contributed by atoms with Gasteiger partial charge in [0.1, 0.15) is 10.7 Å². The van der Waals surface area contributed by atoms with Gasteiger partial charge in [-0.2, -0.15) is 4.31 Å². The van der Waals surface area contributed by atoms with Crippen LogP contribution < -0.4 is 10.6 Å². The van der Waals surface area contributed by atoms with Crippen LogP contribution in [0.15, 0.2) is 23.1 Å². The van der Waals surface area contributed by atoms with E-state index in [1.807, 2.05) is 0 Å². The van der Waals surface area contributed by atoms with Crippen LogP contribution in [0.2, 0.25) is 0 Å². The third-order valence-electron chi connectivity index (χ3n) is 3.56. The second kappa shape index (κ2) is 8.37. The van der Waals surface area contributed by atoms with Crippen molar-refractivity contribution in [3.63, 3.8) is 0 Å². The standard InChI is InChI=1S/C15H20FN3O5S/c1-2-17-14(20)10-18-15(21)11-3-4-12(16)13(9-11)25(22,23)19-5-7-24-8-6-19/h3-4,9H,2,5-8,10H2,1H3,(H,17,20)(H,18,21). The van der Waals surface area contributed by atoms with E-state index in [-0.39, 0.29) is 44.3 Å². The Morgan fingerprint density at radius 1 is 1.24 bits per heavy atom. The van der Waals surface area contributed by atoms with Crippen LogP contribution in [0.1, 0.15) is 17.3 Å². The Balaban J connectivity index is 2.19. The molecule has 0 aliphatic carbocycles. The molecule has 2 N–H and O–H groups in total. The van der Waals surface area contributed by atoms with Gasteiger partial charge >= 0.3 is 0 Å². The zero-order valence-corrected chi connectivity index (χ0v) is 14.6. The van der Waals surface area contributed by atoms with Crippen molar-refractivity contribution < 1.29 is 27.1 Å². The Kier molecular flexibility index (Phi) is 6.45. The lowest BCUT2D eigenvalue weighted by Crippen LogP contribution is -2.41. The molecule has 1 aromatic rings. The predicted octanol–water partition coefficient (Wildman–Crippen LogP) is -0.287. The molecule has 1 heterocycles. The Labute approximate surface area is 145 Å². The number of likely N-dealkylation sites (N-methyl/N-ethyl adjacent to an activating group) is 1. The third kappa shape index (κ3) is 4.74. The zero-order valence-electron chi connectivity index (χ0n) is 13.7. The average Bonchev–Trinajstić information content (AvgIpc) is 2.61. The number of morpholine rings is 1. The van der Waals surface area contributed by atoms with E-state index in [9.17, 15) is 22.4 Å². The molecule has 8 nitrogen and oxygen atoms in total. The van der Waals surface area contributed by atoms with Crippen molar-refractivity contribution in [2.45, 2.75) is 11.8 Å². The van der Waals surface area contributed by atoms with E-state index >= 15 is 0 Å². The van der Waals surface area contributed by atoms with Gasteiger partial charge in [0, 0.05) is 25.2 Å². The highest BCUT2D eigenvalue weighted by molar-refractivity contribution is 7.89. The topological polar surface area (TPSA) is 105 Å². The van der Waals surface area contributed by atoms with Crippen LogP contribution in [0, 0.1) is 5.82 Å². The van der Waals surface area contributed by atoms with Crippen LogP contribution >= 0.6 is 0 Å². The largest absolute Gasteiger partial charge is 0.379 e. The fourth-order valence-corrected chi connectivity index (χ4v) is 3.79. The van der Waals surface area contributed by atoms with Gasteiger partial charge in [0.25, 0.3) is 5.91 Å². The number of rotatable bonds is 6. The molecule has 1 aliphatic rings. The van der Waals surface area contributed by atoms with Gasteiger partial charge in [-0.25, -0.2) is 12.8 Å². The number of sulfonamides is 1. The molecule has 1 saturated heterocycles. The summed E-state index contributed by atoms with van der Waals surface area (Å²) in [6.07, 6.45) is 0. The fourth-order valence-electron chi connectivity index (χ4n) is 2.29. The first-order valence-corrected chi connectivity index (χ1v) is 9.22. The van der Waals surface area contributed by atoms with Crippen LogP contribution in [0.5, 0.6) is 0 Å². The number of hydrogen-bond donors (Lipinski definition) is 2. The average molecular weight is 373 g/mol. The van der Waals surface area contributed by atoms with Gasteiger partial charge in [0.05, 0.1) is 19.8 Å². The van der Waals surface area contributed by atoms with Gasteiger partial charge in [-0.3, -0.25) is 9.59 Å². The van der Waals surface area contributed by atoms with Gasteiger partial charge < -0.3 is 15.4 Å². The summed E-state index contributed by atoms with van der Waals surface area (Å²) >= 11 is 0. The minimum Gasteiger partial charge on any atom is -0.379 e. The van der Waals surface area contributed by atoms with Crippen molar-refractivity contribution >= 4 is 21.8 Å². The molecule has 138 valence electrons. The molecule has 1 aliphatic heterocycles. The SMILES string of the molecule is CCNC(=O)CNC(=O)c1ccc(F)c(S(=O)(=O)N2CCOCC2)c1. The van der Waals surface area contributed by atoms with Crippen molar-refractivity contribution in [3.05, 3.63) is 29.6 Å². The maximum atomic E-state index is 14.1. The molecule has 0 atom stereocenters. The lowest BCUT2D eigenvalue weighted by molar-refractivity contribution is -0.120. The zero-order chi connectivity index (χ0) is 18.4. The number of benzene rings is 1. The van der Waals surface area contributed by atoms with Gasteiger partial charge in [-0.15, -0.1) is 0 Å². The summed E-state index contributed by atoms with van der Waals surface area (Å²) in [5.74, 6) is -1.98. The summed E-state index contributed by atoms with van der Waals surface area (Å²) < 4.78 is 45.4. The first-order chi connectivity index (χ1) is 11.9. The molecule has 0 unspecified atom stereocenters. The van der Waals surface area contributed by atoms with Gasteiger partial charge in [-0.05, 0) is 25.1 Å². The maximum Gasteiger partial charge on any atom is 0.251 e. The monoisotopic (exact) mass is 373 g/mol. The fraction of sp³-hybridized carbons (Fsp3) is 0.467. The number of nitrogens with one attached hydrogen (secondary N) is 2. The molecular formula is C15H20FN3O5S. The second-order valence-corrected chi connectivity index (χ2v) is 7.20. The Bertz CT molecular complexity index is 748. The number of hydrogen-bond acceptors (Lipinski definition) is 5. The third-order valence-corrected chi connectivity index (χ3v) is 5.48. The van der Waals surface area contributed by atoms with E-state index in [1.54, 1.807) is 6.92 Å². The molecule has 25 heavy (non-hydrogen) atoms. The molecule has 1 aromatic carbocycles. The Hall–Kier alpha value is -2.04. The summed E-state index contributed by atoms with van der Waals surface area (Å²) in [5, 5.41) is 4.87. The summed E-state index contributed by atoms with van der Waals surface area (Å²) in [5.41, 5.74) is -0.0440. The highest BCUT2D eigenvalue weighted by Gasteiger charge is 2.29. The molecule has 0 saturated carbocycles. The quantitative estimate of drug-likeness (QED) is 0.713. The number of nitrogens with zero attached hydrogens (tertiary/aromatic N) is 1. The summed E-state index contributed by atoms with van der Waals surface area (Å²) in [6.45, 7) is 2.61. The van der Waals surface area contributed by atoms with Crippen LogP contribution in [0.25, 0.3) is 0 Å². The Morgan fingerprint density at radius 2 is 1.92 bits per heavy atom. The highest BCUT2D eigenvalue weighted by atomic mass is 32.2. The molecule has 0 spiro atoms. The molecular weight excluding hydrogens is 353 g/mol. The van der Waals surface area contributed by atoms with E-state index in [0.29, 0.717) is 6.54 Å². The lowest BCUT2D eigenvalue weighted by atomic mass is 10.2. The predicted molar refractivity (Wildman–Crippen MR) is 87.0 cm³/mol. The van der Waals surface area contributed by atoms with E-state index in [2.05, 4.69) is 10.6 Å². The molecule has 10 heteroatoms. The smallest absolute Gasteiger partial charge is 0.251 e. The first kappa shape index (κ1) is 19.3. The molecule has 2 amide bonds. The summed E-state index contributed by atoms with van der Waals surface area (Å²) in [6, 6.07) is 3.07. The van der Waals surface area contributed by atoms with Crippen LogP contribution in [0.3, 0.4) is 0 Å². The van der Waals surface area contributed by atoms with Crippen molar-refractivity contribution in [1.29, 1.82) is 0 Å². The Morgan fingerprint density at radius 3 is 2.56 bits per heavy atom. The maximum absolute atomic E-state index is 14.1. The molecule has 0 aromatic heterocycles. The van der Waals surface area contributed by atoms with Crippen molar-refractivity contribution in [2.24, 2.45) is 0 Å². The van der Waals surface area contributed by atoms with Gasteiger partial charge in [-0.1, -0.05) is 0 Å². The summed E-state index contributed by atoms with van der Waals surface area (Å²) in [4.78, 5) is 22.9. The van der Waals surface area contributed by atoms with Crippen molar-refractivity contribution in [2.75, 3.05) is 39.4 Å². The molecule has 0 radical (unpaired) electrons. The van der Waals surface area contributed by atoms with Gasteiger partial charge in [0.15, 0.2) is 0 Å². The lowest BCUT2D eigenvalue weighted by Gasteiger charge is -2.26. The number of amides is 2.